The van der Waals surface area contributed by atoms with Gasteiger partial charge in [0.05, 0.1) is 19.3 Å². The van der Waals surface area contributed by atoms with Crippen LogP contribution in [-0.4, -0.2) is 34.7 Å². The number of amides is 1. The molecule has 0 saturated carbocycles. The van der Waals surface area contributed by atoms with Crippen LogP contribution in [0.2, 0.25) is 0 Å². The molecule has 1 aromatic rings. The molecule has 6 heteroatoms. The second kappa shape index (κ2) is 5.64. The van der Waals surface area contributed by atoms with Gasteiger partial charge in [0.25, 0.3) is 0 Å². The molecule has 0 saturated heterocycles. The molecule has 1 aliphatic heterocycles. The molecule has 0 bridgehead atoms. The molecule has 2 heterocycles. The lowest BCUT2D eigenvalue weighted by Crippen LogP contribution is -2.38. The van der Waals surface area contributed by atoms with Crippen molar-refractivity contribution >= 4 is 6.09 Å². The van der Waals surface area contributed by atoms with Crippen molar-refractivity contribution in [1.82, 2.24) is 9.88 Å². The quantitative estimate of drug-likeness (QED) is 0.837. The third kappa shape index (κ3) is 3.18. The van der Waals surface area contributed by atoms with Gasteiger partial charge >= 0.3 is 6.09 Å². The minimum absolute atomic E-state index is 0.171. The number of hydrogen-bond donors (Lipinski definition) is 0. The predicted octanol–water partition coefficient (Wildman–Crippen LogP) is 2.74. The highest BCUT2D eigenvalue weighted by atomic mass is 19.1. The van der Waals surface area contributed by atoms with Crippen LogP contribution in [0.4, 0.5) is 9.18 Å². The molecule has 0 fully saturated rings. The van der Waals surface area contributed by atoms with E-state index in [2.05, 4.69) is 4.98 Å². The number of pyridine rings is 1. The second-order valence-electron chi connectivity index (χ2n) is 5.36. The first-order valence-electron chi connectivity index (χ1n) is 6.66. The zero-order valence-corrected chi connectivity index (χ0v) is 12.0. The molecular formula is C14H19FN2O3. The molecule has 0 N–H and O–H groups in total. The molecule has 0 radical (unpaired) electrons. The van der Waals surface area contributed by atoms with Gasteiger partial charge < -0.3 is 14.4 Å². The molecule has 0 aromatic carbocycles. The summed E-state index contributed by atoms with van der Waals surface area (Å²) in [7, 11) is 0. The van der Waals surface area contributed by atoms with E-state index in [0.29, 0.717) is 12.1 Å². The molecule has 0 aliphatic carbocycles. The molecule has 1 amide bonds. The van der Waals surface area contributed by atoms with E-state index in [1.165, 1.54) is 11.1 Å². The van der Waals surface area contributed by atoms with Gasteiger partial charge in [-0.05, 0) is 20.3 Å². The minimum Gasteiger partial charge on any atom is -0.488 e. The SMILES string of the molecule is CCC(C)(C)OC(=O)N1CCOc2c(F)cncc2C1. The van der Waals surface area contributed by atoms with Gasteiger partial charge in [0.15, 0.2) is 11.6 Å². The van der Waals surface area contributed by atoms with Crippen LogP contribution < -0.4 is 4.74 Å². The molecule has 5 nitrogen and oxygen atoms in total. The molecule has 0 atom stereocenters. The van der Waals surface area contributed by atoms with Crippen molar-refractivity contribution in [3.05, 3.63) is 23.8 Å². The minimum atomic E-state index is -0.521. The monoisotopic (exact) mass is 282 g/mol. The molecule has 2 rings (SSSR count). The van der Waals surface area contributed by atoms with Crippen molar-refractivity contribution in [3.8, 4) is 5.75 Å². The van der Waals surface area contributed by atoms with Gasteiger partial charge in [-0.1, -0.05) is 6.92 Å². The molecule has 1 aromatic heterocycles. The Morgan fingerprint density at radius 1 is 1.55 bits per heavy atom. The Labute approximate surface area is 117 Å². The van der Waals surface area contributed by atoms with Crippen molar-refractivity contribution in [2.45, 2.75) is 39.3 Å². The first-order valence-corrected chi connectivity index (χ1v) is 6.66. The number of nitrogens with zero attached hydrogens (tertiary/aromatic N) is 2. The first-order chi connectivity index (χ1) is 9.43. The highest BCUT2D eigenvalue weighted by molar-refractivity contribution is 5.68. The summed E-state index contributed by atoms with van der Waals surface area (Å²) in [6.45, 7) is 6.48. The van der Waals surface area contributed by atoms with Crippen molar-refractivity contribution < 1.29 is 18.7 Å². The van der Waals surface area contributed by atoms with Crippen LogP contribution in [0.1, 0.15) is 32.8 Å². The molecular weight excluding hydrogens is 263 g/mol. The molecule has 1 aliphatic rings. The summed E-state index contributed by atoms with van der Waals surface area (Å²) >= 11 is 0. The second-order valence-corrected chi connectivity index (χ2v) is 5.36. The molecule has 20 heavy (non-hydrogen) atoms. The average molecular weight is 282 g/mol. The Morgan fingerprint density at radius 2 is 2.30 bits per heavy atom. The zero-order chi connectivity index (χ0) is 14.8. The number of carbonyl (C=O) groups excluding carboxylic acids is 1. The number of fused-ring (bicyclic) bond motifs is 1. The Kier molecular flexibility index (Phi) is 4.11. The van der Waals surface area contributed by atoms with Gasteiger partial charge in [0.1, 0.15) is 12.2 Å². The Bertz CT molecular complexity index is 505. The van der Waals surface area contributed by atoms with Crippen LogP contribution in [-0.2, 0) is 11.3 Å². The van der Waals surface area contributed by atoms with E-state index >= 15 is 0 Å². The van der Waals surface area contributed by atoms with E-state index in [1.807, 2.05) is 20.8 Å². The summed E-state index contributed by atoms with van der Waals surface area (Å²) in [5.74, 6) is -0.336. The standard InChI is InChI=1S/C14H19FN2O3/c1-4-14(2,3)20-13(18)17-5-6-19-12-10(9-17)7-16-8-11(12)15/h7-8H,4-6,9H2,1-3H3. The first kappa shape index (κ1) is 14.6. The third-order valence-corrected chi connectivity index (χ3v) is 3.37. The summed E-state index contributed by atoms with van der Waals surface area (Å²) in [5.41, 5.74) is 0.0292. The topological polar surface area (TPSA) is 51.7 Å². The Morgan fingerprint density at radius 3 is 3.00 bits per heavy atom. The molecule has 110 valence electrons. The normalized spacial score (nSPS) is 15.1. The fourth-order valence-electron chi connectivity index (χ4n) is 1.81. The van der Waals surface area contributed by atoms with Gasteiger partial charge in [-0.25, -0.2) is 9.18 Å². The lowest BCUT2D eigenvalue weighted by atomic mass is 10.1. The number of hydrogen-bond acceptors (Lipinski definition) is 4. The summed E-state index contributed by atoms with van der Waals surface area (Å²) < 4.78 is 24.4. The number of carbonyl (C=O) groups is 1. The van der Waals surface area contributed by atoms with Crippen LogP contribution in [0.25, 0.3) is 0 Å². The number of halogens is 1. The number of aromatic nitrogens is 1. The summed E-state index contributed by atoms with van der Waals surface area (Å²) in [6, 6.07) is 0. The largest absolute Gasteiger partial charge is 0.488 e. The Hall–Kier alpha value is -1.85. The number of ether oxygens (including phenoxy) is 2. The summed E-state index contributed by atoms with van der Waals surface area (Å²) in [6.07, 6.45) is 2.91. The van der Waals surface area contributed by atoms with Crippen LogP contribution in [0, 0.1) is 5.82 Å². The van der Waals surface area contributed by atoms with Crippen molar-refractivity contribution in [2.24, 2.45) is 0 Å². The van der Waals surface area contributed by atoms with E-state index in [1.54, 1.807) is 0 Å². The van der Waals surface area contributed by atoms with E-state index in [4.69, 9.17) is 9.47 Å². The smallest absolute Gasteiger partial charge is 0.410 e. The fourth-order valence-corrected chi connectivity index (χ4v) is 1.81. The maximum Gasteiger partial charge on any atom is 0.410 e. The lowest BCUT2D eigenvalue weighted by molar-refractivity contribution is 0.00925. The van der Waals surface area contributed by atoms with Gasteiger partial charge in [0, 0.05) is 11.8 Å². The summed E-state index contributed by atoms with van der Waals surface area (Å²) in [5, 5.41) is 0. The van der Waals surface area contributed by atoms with E-state index in [9.17, 15) is 9.18 Å². The van der Waals surface area contributed by atoms with Crippen LogP contribution in [0.3, 0.4) is 0 Å². The maximum absolute atomic E-state index is 13.6. The van der Waals surface area contributed by atoms with Gasteiger partial charge in [-0.15, -0.1) is 0 Å². The van der Waals surface area contributed by atoms with Gasteiger partial charge in [-0.3, -0.25) is 4.98 Å². The average Bonchev–Trinajstić information content (AvgIpc) is 2.61. The van der Waals surface area contributed by atoms with Crippen molar-refractivity contribution in [1.29, 1.82) is 0 Å². The highest BCUT2D eigenvalue weighted by Gasteiger charge is 2.27. The van der Waals surface area contributed by atoms with E-state index < -0.39 is 17.5 Å². The highest BCUT2D eigenvalue weighted by Crippen LogP contribution is 2.26. The van der Waals surface area contributed by atoms with Crippen LogP contribution in [0.5, 0.6) is 5.75 Å². The predicted molar refractivity (Wildman–Crippen MR) is 71.0 cm³/mol. The maximum atomic E-state index is 13.6. The zero-order valence-electron chi connectivity index (χ0n) is 12.0. The van der Waals surface area contributed by atoms with Crippen LogP contribution in [0.15, 0.2) is 12.4 Å². The number of rotatable bonds is 2. The fraction of sp³-hybridized carbons (Fsp3) is 0.571. The van der Waals surface area contributed by atoms with Crippen molar-refractivity contribution in [3.63, 3.8) is 0 Å². The van der Waals surface area contributed by atoms with Gasteiger partial charge in [0.2, 0.25) is 0 Å². The summed E-state index contributed by atoms with van der Waals surface area (Å²) in [4.78, 5) is 17.4. The van der Waals surface area contributed by atoms with E-state index in [0.717, 1.165) is 12.6 Å². The van der Waals surface area contributed by atoms with Gasteiger partial charge in [-0.2, -0.15) is 0 Å². The van der Waals surface area contributed by atoms with E-state index in [-0.39, 0.29) is 18.9 Å². The third-order valence-electron chi connectivity index (χ3n) is 3.37. The lowest BCUT2D eigenvalue weighted by Gasteiger charge is -2.28. The Balaban J connectivity index is 2.13. The van der Waals surface area contributed by atoms with Crippen LogP contribution >= 0.6 is 0 Å². The molecule has 0 spiro atoms. The molecule has 0 unspecified atom stereocenters. The van der Waals surface area contributed by atoms with Crippen molar-refractivity contribution in [2.75, 3.05) is 13.2 Å².